The number of aryl methyl sites for hydroxylation is 1. The molecule has 4 aromatic rings. The Hall–Kier alpha value is -3.64. The lowest BCUT2D eigenvalue weighted by atomic mass is 10.1. The maximum atomic E-state index is 13.0. The van der Waals surface area contributed by atoms with Gasteiger partial charge in [-0.15, -0.1) is 0 Å². The van der Waals surface area contributed by atoms with E-state index in [0.29, 0.717) is 29.4 Å². The first kappa shape index (κ1) is 21.6. The second-order valence-electron chi connectivity index (χ2n) is 7.41. The number of benzene rings is 3. The van der Waals surface area contributed by atoms with Gasteiger partial charge in [0, 0.05) is 16.8 Å². The third kappa shape index (κ3) is 5.53. The van der Waals surface area contributed by atoms with E-state index in [1.807, 2.05) is 31.2 Å². The zero-order valence-corrected chi connectivity index (χ0v) is 18.1. The zero-order chi connectivity index (χ0) is 22.5. The van der Waals surface area contributed by atoms with Gasteiger partial charge in [0.2, 0.25) is 0 Å². The SMILES string of the molecule is Cc1cc(Cl)ccc1OCc1cccc(C(=O)Nc2cnn(Cc3ccc(F)cc3)c2)c1. The van der Waals surface area contributed by atoms with Gasteiger partial charge in [0.1, 0.15) is 18.2 Å². The van der Waals surface area contributed by atoms with Crippen molar-refractivity contribution < 1.29 is 13.9 Å². The molecule has 7 heteroatoms. The predicted molar refractivity (Wildman–Crippen MR) is 123 cm³/mol. The number of ether oxygens (including phenoxy) is 1. The molecule has 1 heterocycles. The Kier molecular flexibility index (Phi) is 6.52. The highest BCUT2D eigenvalue weighted by Crippen LogP contribution is 2.23. The highest BCUT2D eigenvalue weighted by Gasteiger charge is 2.10. The Balaban J connectivity index is 1.37. The van der Waals surface area contributed by atoms with Crippen LogP contribution < -0.4 is 10.1 Å². The van der Waals surface area contributed by atoms with Gasteiger partial charge in [0.25, 0.3) is 5.91 Å². The molecule has 1 N–H and O–H groups in total. The number of hydrogen-bond acceptors (Lipinski definition) is 3. The molecule has 3 aromatic carbocycles. The number of anilines is 1. The van der Waals surface area contributed by atoms with Crippen LogP contribution in [0.25, 0.3) is 0 Å². The molecule has 0 bridgehead atoms. The van der Waals surface area contributed by atoms with Gasteiger partial charge < -0.3 is 10.1 Å². The van der Waals surface area contributed by atoms with Crippen LogP contribution in [0.2, 0.25) is 5.02 Å². The fraction of sp³-hybridized carbons (Fsp3) is 0.120. The standard InChI is InChI=1S/C25H21ClFN3O2/c1-17-11-21(26)7-10-24(17)32-16-19-3-2-4-20(12-19)25(31)29-23-13-28-30(15-23)14-18-5-8-22(27)9-6-18/h2-13,15H,14,16H2,1H3,(H,29,31). The summed E-state index contributed by atoms with van der Waals surface area (Å²) in [5.74, 6) is 0.228. The summed E-state index contributed by atoms with van der Waals surface area (Å²) in [6.07, 6.45) is 3.31. The van der Waals surface area contributed by atoms with Gasteiger partial charge in [0.15, 0.2) is 0 Å². The third-order valence-corrected chi connectivity index (χ3v) is 5.10. The highest BCUT2D eigenvalue weighted by molar-refractivity contribution is 6.30. The Labute approximate surface area is 190 Å². The normalized spacial score (nSPS) is 10.7. The molecule has 0 saturated heterocycles. The van der Waals surface area contributed by atoms with Crippen LogP contribution in [0.4, 0.5) is 10.1 Å². The summed E-state index contributed by atoms with van der Waals surface area (Å²) in [5.41, 5.74) is 3.83. The quantitative estimate of drug-likeness (QED) is 0.384. The van der Waals surface area contributed by atoms with Crippen LogP contribution in [0.3, 0.4) is 0 Å². The molecule has 0 aliphatic heterocycles. The minimum Gasteiger partial charge on any atom is -0.489 e. The number of rotatable bonds is 7. The minimum atomic E-state index is -0.280. The van der Waals surface area contributed by atoms with E-state index in [0.717, 1.165) is 22.4 Å². The van der Waals surface area contributed by atoms with Gasteiger partial charge in [-0.25, -0.2) is 4.39 Å². The van der Waals surface area contributed by atoms with E-state index in [-0.39, 0.29) is 11.7 Å². The van der Waals surface area contributed by atoms with Gasteiger partial charge in [0.05, 0.1) is 18.4 Å². The number of carbonyl (C=O) groups is 1. The van der Waals surface area contributed by atoms with E-state index in [4.69, 9.17) is 16.3 Å². The first-order valence-corrected chi connectivity index (χ1v) is 10.4. The van der Waals surface area contributed by atoms with Crippen LogP contribution in [0, 0.1) is 12.7 Å². The average molecular weight is 450 g/mol. The number of hydrogen-bond donors (Lipinski definition) is 1. The van der Waals surface area contributed by atoms with Crippen LogP contribution in [0.1, 0.15) is 27.0 Å². The second kappa shape index (κ2) is 9.66. The molecule has 0 aliphatic carbocycles. The van der Waals surface area contributed by atoms with E-state index in [2.05, 4.69) is 10.4 Å². The van der Waals surface area contributed by atoms with Crippen molar-refractivity contribution >= 4 is 23.2 Å². The summed E-state index contributed by atoms with van der Waals surface area (Å²) in [7, 11) is 0. The lowest BCUT2D eigenvalue weighted by Crippen LogP contribution is -2.12. The van der Waals surface area contributed by atoms with Crippen molar-refractivity contribution in [2.24, 2.45) is 0 Å². The fourth-order valence-electron chi connectivity index (χ4n) is 3.23. The lowest BCUT2D eigenvalue weighted by molar-refractivity contribution is 0.102. The largest absolute Gasteiger partial charge is 0.489 e. The van der Waals surface area contributed by atoms with E-state index >= 15 is 0 Å². The molecule has 0 radical (unpaired) electrons. The third-order valence-electron chi connectivity index (χ3n) is 4.87. The fourth-order valence-corrected chi connectivity index (χ4v) is 3.46. The minimum absolute atomic E-state index is 0.240. The molecular weight excluding hydrogens is 429 g/mol. The number of halogens is 2. The summed E-state index contributed by atoms with van der Waals surface area (Å²) in [4.78, 5) is 12.7. The van der Waals surface area contributed by atoms with Crippen molar-refractivity contribution in [1.82, 2.24) is 9.78 Å². The van der Waals surface area contributed by atoms with Crippen molar-refractivity contribution in [1.29, 1.82) is 0 Å². The molecule has 4 rings (SSSR count). The maximum absolute atomic E-state index is 13.0. The van der Waals surface area contributed by atoms with Gasteiger partial charge in [-0.3, -0.25) is 9.48 Å². The molecule has 5 nitrogen and oxygen atoms in total. The zero-order valence-electron chi connectivity index (χ0n) is 17.4. The number of carbonyl (C=O) groups excluding carboxylic acids is 1. The van der Waals surface area contributed by atoms with Crippen molar-refractivity contribution in [3.63, 3.8) is 0 Å². The van der Waals surface area contributed by atoms with Crippen molar-refractivity contribution in [3.8, 4) is 5.75 Å². The van der Waals surface area contributed by atoms with Crippen LogP contribution in [-0.4, -0.2) is 15.7 Å². The molecule has 0 aliphatic rings. The molecular formula is C25H21ClFN3O2. The smallest absolute Gasteiger partial charge is 0.255 e. The Morgan fingerprint density at radius 1 is 1.09 bits per heavy atom. The van der Waals surface area contributed by atoms with Gasteiger partial charge in [-0.1, -0.05) is 35.9 Å². The average Bonchev–Trinajstić information content (AvgIpc) is 3.21. The van der Waals surface area contributed by atoms with E-state index in [1.54, 1.807) is 47.4 Å². The van der Waals surface area contributed by atoms with Gasteiger partial charge in [-0.2, -0.15) is 5.10 Å². The van der Waals surface area contributed by atoms with Crippen LogP contribution in [-0.2, 0) is 13.2 Å². The Morgan fingerprint density at radius 3 is 2.69 bits per heavy atom. The van der Waals surface area contributed by atoms with Crippen LogP contribution in [0.15, 0.2) is 79.1 Å². The number of nitrogens with one attached hydrogen (secondary N) is 1. The number of amides is 1. The summed E-state index contributed by atoms with van der Waals surface area (Å²) in [6, 6.07) is 18.9. The number of aromatic nitrogens is 2. The van der Waals surface area contributed by atoms with Crippen molar-refractivity contribution in [2.45, 2.75) is 20.1 Å². The van der Waals surface area contributed by atoms with E-state index in [1.165, 1.54) is 12.1 Å². The maximum Gasteiger partial charge on any atom is 0.255 e. The summed E-state index contributed by atoms with van der Waals surface area (Å²) in [5, 5.41) is 7.77. The molecule has 0 saturated carbocycles. The lowest BCUT2D eigenvalue weighted by Gasteiger charge is -2.10. The highest BCUT2D eigenvalue weighted by atomic mass is 35.5. The summed E-state index contributed by atoms with van der Waals surface area (Å²) in [6.45, 7) is 2.74. The molecule has 0 unspecified atom stereocenters. The van der Waals surface area contributed by atoms with E-state index < -0.39 is 0 Å². The molecule has 32 heavy (non-hydrogen) atoms. The summed E-state index contributed by atoms with van der Waals surface area (Å²) >= 11 is 5.98. The van der Waals surface area contributed by atoms with Crippen LogP contribution >= 0.6 is 11.6 Å². The van der Waals surface area contributed by atoms with Crippen molar-refractivity contribution in [2.75, 3.05) is 5.32 Å². The van der Waals surface area contributed by atoms with Crippen molar-refractivity contribution in [3.05, 3.63) is 112 Å². The van der Waals surface area contributed by atoms with Gasteiger partial charge in [-0.05, 0) is 66.1 Å². The molecule has 162 valence electrons. The number of nitrogens with zero attached hydrogens (tertiary/aromatic N) is 2. The topological polar surface area (TPSA) is 56.1 Å². The summed E-state index contributed by atoms with van der Waals surface area (Å²) < 4.78 is 20.6. The Bertz CT molecular complexity index is 1240. The molecule has 1 aromatic heterocycles. The molecule has 0 fully saturated rings. The van der Waals surface area contributed by atoms with Gasteiger partial charge >= 0.3 is 0 Å². The Morgan fingerprint density at radius 2 is 1.91 bits per heavy atom. The van der Waals surface area contributed by atoms with Crippen LogP contribution in [0.5, 0.6) is 5.75 Å². The predicted octanol–water partition coefficient (Wildman–Crippen LogP) is 5.86. The molecule has 0 atom stereocenters. The molecule has 1 amide bonds. The molecule has 0 spiro atoms. The second-order valence-corrected chi connectivity index (χ2v) is 7.84. The monoisotopic (exact) mass is 449 g/mol. The van der Waals surface area contributed by atoms with E-state index in [9.17, 15) is 9.18 Å². The first-order valence-electron chi connectivity index (χ1n) is 10.0. The first-order chi connectivity index (χ1) is 15.5.